The third-order valence-corrected chi connectivity index (χ3v) is 5.90. The standard InChI is InChI=1S/C29H30FN5O5/c1-37-23-12-7-20(15-25(23)39-3)17-31-28-33-29(32-18-21-8-13-24(38-2)26(16-21)40-4)35(34-28)27(36)14-9-19-5-10-22(30)11-6-19/h5-16H,17-18H2,1-4H3,(H2,31,32,33,34). The summed E-state index contributed by atoms with van der Waals surface area (Å²) in [6, 6.07) is 16.8. The van der Waals surface area contributed by atoms with E-state index in [0.717, 1.165) is 15.8 Å². The zero-order valence-corrected chi connectivity index (χ0v) is 22.6. The van der Waals surface area contributed by atoms with Gasteiger partial charge in [-0.15, -0.1) is 5.10 Å². The summed E-state index contributed by atoms with van der Waals surface area (Å²) in [5.41, 5.74) is 2.44. The minimum absolute atomic E-state index is 0.235. The van der Waals surface area contributed by atoms with Gasteiger partial charge in [0.15, 0.2) is 23.0 Å². The molecule has 0 aliphatic rings. The minimum Gasteiger partial charge on any atom is -0.493 e. The first kappa shape index (κ1) is 28.0. The number of hydrogen-bond donors (Lipinski definition) is 2. The molecule has 0 aliphatic heterocycles. The summed E-state index contributed by atoms with van der Waals surface area (Å²) in [4.78, 5) is 17.6. The fourth-order valence-corrected chi connectivity index (χ4v) is 3.81. The van der Waals surface area contributed by atoms with Gasteiger partial charge < -0.3 is 29.6 Å². The van der Waals surface area contributed by atoms with Crippen molar-refractivity contribution in [2.45, 2.75) is 13.1 Å². The molecule has 0 unspecified atom stereocenters. The molecule has 208 valence electrons. The average Bonchev–Trinajstić information content (AvgIpc) is 3.41. The van der Waals surface area contributed by atoms with Gasteiger partial charge in [0.1, 0.15) is 5.82 Å². The fraction of sp³-hybridized carbons (Fsp3) is 0.207. The van der Waals surface area contributed by atoms with Crippen molar-refractivity contribution in [1.29, 1.82) is 0 Å². The highest BCUT2D eigenvalue weighted by molar-refractivity contribution is 5.94. The van der Waals surface area contributed by atoms with Crippen molar-refractivity contribution in [3.63, 3.8) is 0 Å². The van der Waals surface area contributed by atoms with Crippen molar-refractivity contribution in [3.05, 3.63) is 89.2 Å². The molecule has 2 N–H and O–H groups in total. The topological polar surface area (TPSA) is 109 Å². The second kappa shape index (κ2) is 13.1. The van der Waals surface area contributed by atoms with Gasteiger partial charge in [0.25, 0.3) is 5.91 Å². The van der Waals surface area contributed by atoms with Crippen LogP contribution in [-0.2, 0) is 13.1 Å². The molecule has 0 radical (unpaired) electrons. The van der Waals surface area contributed by atoms with E-state index >= 15 is 0 Å². The Balaban J connectivity index is 1.55. The van der Waals surface area contributed by atoms with E-state index in [9.17, 15) is 9.18 Å². The van der Waals surface area contributed by atoms with E-state index < -0.39 is 5.91 Å². The maximum absolute atomic E-state index is 13.2. The molecule has 10 nitrogen and oxygen atoms in total. The first-order valence-corrected chi connectivity index (χ1v) is 12.3. The number of allylic oxidation sites excluding steroid dienone is 1. The summed E-state index contributed by atoms with van der Waals surface area (Å²) in [5.74, 6) is 2.09. The molecule has 11 heteroatoms. The number of carbonyl (C=O) groups is 1. The number of rotatable bonds is 12. The zero-order chi connectivity index (χ0) is 28.5. The largest absolute Gasteiger partial charge is 0.493 e. The number of anilines is 2. The average molecular weight is 548 g/mol. The summed E-state index contributed by atoms with van der Waals surface area (Å²) < 4.78 is 35.7. The normalized spacial score (nSPS) is 10.8. The summed E-state index contributed by atoms with van der Waals surface area (Å²) >= 11 is 0. The van der Waals surface area contributed by atoms with E-state index in [2.05, 4.69) is 20.7 Å². The quantitative estimate of drug-likeness (QED) is 0.236. The fourth-order valence-electron chi connectivity index (χ4n) is 3.81. The van der Waals surface area contributed by atoms with E-state index in [4.69, 9.17) is 18.9 Å². The van der Waals surface area contributed by atoms with E-state index in [-0.39, 0.29) is 17.7 Å². The van der Waals surface area contributed by atoms with Crippen molar-refractivity contribution < 1.29 is 28.1 Å². The first-order valence-electron chi connectivity index (χ1n) is 12.3. The lowest BCUT2D eigenvalue weighted by Gasteiger charge is -2.10. The highest BCUT2D eigenvalue weighted by atomic mass is 19.1. The Bertz CT molecular complexity index is 1490. The lowest BCUT2D eigenvalue weighted by molar-refractivity contribution is 0.0957. The Hall–Kier alpha value is -5.06. The smallest absolute Gasteiger partial charge is 0.274 e. The molecule has 1 aromatic heterocycles. The van der Waals surface area contributed by atoms with Crippen LogP contribution in [0.2, 0.25) is 0 Å². The van der Waals surface area contributed by atoms with Crippen LogP contribution in [0.5, 0.6) is 23.0 Å². The number of methoxy groups -OCH3 is 4. The van der Waals surface area contributed by atoms with Gasteiger partial charge in [-0.25, -0.2) is 4.39 Å². The molecule has 0 bridgehead atoms. The predicted molar refractivity (Wildman–Crippen MR) is 150 cm³/mol. The number of hydrogen-bond acceptors (Lipinski definition) is 9. The molecule has 1 heterocycles. The van der Waals surface area contributed by atoms with Crippen molar-refractivity contribution in [1.82, 2.24) is 14.8 Å². The number of aromatic nitrogens is 3. The number of halogens is 1. The van der Waals surface area contributed by atoms with Gasteiger partial charge in [-0.05, 0) is 59.2 Å². The molecular formula is C29H30FN5O5. The Morgan fingerprint density at radius 1 is 0.800 bits per heavy atom. The minimum atomic E-state index is -0.439. The lowest BCUT2D eigenvalue weighted by atomic mass is 10.2. The maximum atomic E-state index is 13.2. The van der Waals surface area contributed by atoms with Gasteiger partial charge >= 0.3 is 0 Å². The molecule has 0 atom stereocenters. The predicted octanol–water partition coefficient (Wildman–Crippen LogP) is 5.03. The second-order valence-electron chi connectivity index (χ2n) is 8.48. The highest BCUT2D eigenvalue weighted by Gasteiger charge is 2.15. The highest BCUT2D eigenvalue weighted by Crippen LogP contribution is 2.29. The number of nitrogens with zero attached hydrogens (tertiary/aromatic N) is 3. The van der Waals surface area contributed by atoms with Crippen LogP contribution in [0, 0.1) is 5.82 Å². The van der Waals surface area contributed by atoms with Crippen molar-refractivity contribution in [2.75, 3.05) is 39.1 Å². The molecule has 0 fully saturated rings. The lowest BCUT2D eigenvalue weighted by Crippen LogP contribution is -2.14. The van der Waals surface area contributed by atoms with Crippen molar-refractivity contribution in [3.8, 4) is 23.0 Å². The van der Waals surface area contributed by atoms with Gasteiger partial charge in [0, 0.05) is 19.2 Å². The second-order valence-corrected chi connectivity index (χ2v) is 8.48. The first-order chi connectivity index (χ1) is 19.4. The zero-order valence-electron chi connectivity index (χ0n) is 22.6. The van der Waals surface area contributed by atoms with Crippen LogP contribution in [-0.4, -0.2) is 49.1 Å². The molecule has 4 rings (SSSR count). The van der Waals surface area contributed by atoms with Crippen LogP contribution in [0.1, 0.15) is 21.5 Å². The monoisotopic (exact) mass is 547 g/mol. The molecule has 0 aliphatic carbocycles. The van der Waals surface area contributed by atoms with E-state index in [1.54, 1.807) is 52.7 Å². The van der Waals surface area contributed by atoms with Crippen LogP contribution >= 0.6 is 0 Å². The Morgan fingerprint density at radius 3 is 1.90 bits per heavy atom. The Labute approximate surface area is 231 Å². The van der Waals surface area contributed by atoms with Gasteiger partial charge in [-0.2, -0.15) is 9.67 Å². The number of benzene rings is 3. The van der Waals surface area contributed by atoms with Crippen LogP contribution in [0.4, 0.5) is 16.3 Å². The molecule has 0 saturated heterocycles. The summed E-state index contributed by atoms with van der Waals surface area (Å²) in [6.45, 7) is 0.711. The number of ether oxygens (including phenoxy) is 4. The van der Waals surface area contributed by atoms with Crippen LogP contribution < -0.4 is 29.6 Å². The van der Waals surface area contributed by atoms with E-state index in [1.165, 1.54) is 18.2 Å². The summed E-state index contributed by atoms with van der Waals surface area (Å²) in [6.07, 6.45) is 2.93. The number of carbonyl (C=O) groups excluding carboxylic acids is 1. The van der Waals surface area contributed by atoms with E-state index in [0.29, 0.717) is 41.7 Å². The molecule has 4 aromatic rings. The number of nitrogens with one attached hydrogen (secondary N) is 2. The Kier molecular flexibility index (Phi) is 9.19. The summed E-state index contributed by atoms with van der Waals surface area (Å²) in [7, 11) is 6.28. The molecule has 40 heavy (non-hydrogen) atoms. The molecule has 3 aromatic carbocycles. The third-order valence-electron chi connectivity index (χ3n) is 5.90. The Morgan fingerprint density at radius 2 is 1.35 bits per heavy atom. The van der Waals surface area contributed by atoms with Crippen LogP contribution in [0.25, 0.3) is 6.08 Å². The molecule has 0 spiro atoms. The van der Waals surface area contributed by atoms with Crippen molar-refractivity contribution >= 4 is 23.9 Å². The van der Waals surface area contributed by atoms with Crippen LogP contribution in [0.3, 0.4) is 0 Å². The maximum Gasteiger partial charge on any atom is 0.274 e. The van der Waals surface area contributed by atoms with Crippen LogP contribution in [0.15, 0.2) is 66.7 Å². The van der Waals surface area contributed by atoms with Gasteiger partial charge in [-0.3, -0.25) is 4.79 Å². The summed E-state index contributed by atoms with van der Waals surface area (Å²) in [5, 5.41) is 10.7. The molecule has 0 saturated carbocycles. The molecular weight excluding hydrogens is 517 g/mol. The molecule has 0 amide bonds. The third kappa shape index (κ3) is 6.87. The van der Waals surface area contributed by atoms with Gasteiger partial charge in [-0.1, -0.05) is 24.3 Å². The SMILES string of the molecule is COc1ccc(CNc2nc(NCc3ccc(OC)c(OC)c3)n(C(=O)C=Cc3ccc(F)cc3)n2)cc1OC. The van der Waals surface area contributed by atoms with Crippen molar-refractivity contribution in [2.24, 2.45) is 0 Å². The van der Waals surface area contributed by atoms with Gasteiger partial charge in [0.05, 0.1) is 28.4 Å². The van der Waals surface area contributed by atoms with Gasteiger partial charge in [0.2, 0.25) is 11.9 Å². The van der Waals surface area contributed by atoms with E-state index in [1.807, 2.05) is 30.3 Å².